The fourth-order valence-electron chi connectivity index (χ4n) is 1.82. The molecule has 0 saturated heterocycles. The average Bonchev–Trinajstić information content (AvgIpc) is 2.59. The first-order chi connectivity index (χ1) is 11.9. The standard InChI is InChI=1S/C17H23N3O5S/c1-12(2)17(3,11-18)19-15(21)10-25-16(22)13-6-8-14(9-7-13)26(23,24)20(4)5/h6-9,12H,10H2,1-5H3,(H,19,21)/t17-/m0/s1. The Labute approximate surface area is 153 Å². The van der Waals surface area contributed by atoms with Gasteiger partial charge in [0.1, 0.15) is 5.54 Å². The molecule has 1 aromatic rings. The van der Waals surface area contributed by atoms with Crippen LogP contribution in [0.4, 0.5) is 0 Å². The number of amides is 1. The first kappa shape index (κ1) is 21.6. The lowest BCUT2D eigenvalue weighted by Crippen LogP contribution is -2.50. The van der Waals surface area contributed by atoms with Gasteiger partial charge in [0.25, 0.3) is 5.91 Å². The van der Waals surface area contributed by atoms with Crippen LogP contribution in [-0.4, -0.2) is 50.8 Å². The van der Waals surface area contributed by atoms with Gasteiger partial charge < -0.3 is 10.1 Å². The molecule has 0 saturated carbocycles. The van der Waals surface area contributed by atoms with E-state index in [1.54, 1.807) is 20.8 Å². The van der Waals surface area contributed by atoms with Crippen molar-refractivity contribution in [2.75, 3.05) is 20.7 Å². The van der Waals surface area contributed by atoms with Gasteiger partial charge in [-0.15, -0.1) is 0 Å². The van der Waals surface area contributed by atoms with Crippen LogP contribution in [0.25, 0.3) is 0 Å². The summed E-state index contributed by atoms with van der Waals surface area (Å²) < 4.78 is 29.9. The van der Waals surface area contributed by atoms with Crippen LogP contribution in [0.5, 0.6) is 0 Å². The maximum Gasteiger partial charge on any atom is 0.338 e. The SMILES string of the molecule is CC(C)[C@](C)(C#N)NC(=O)COC(=O)c1ccc(S(=O)(=O)N(C)C)cc1. The van der Waals surface area contributed by atoms with E-state index in [1.807, 2.05) is 6.07 Å². The quantitative estimate of drug-likeness (QED) is 0.708. The Hall–Kier alpha value is -2.44. The summed E-state index contributed by atoms with van der Waals surface area (Å²) in [7, 11) is -0.780. The van der Waals surface area contributed by atoms with E-state index in [-0.39, 0.29) is 16.4 Å². The predicted molar refractivity (Wildman–Crippen MR) is 94.6 cm³/mol. The molecule has 8 nitrogen and oxygen atoms in total. The fourth-order valence-corrected chi connectivity index (χ4v) is 2.72. The normalized spacial score (nSPS) is 13.8. The van der Waals surface area contributed by atoms with Crippen LogP contribution in [0, 0.1) is 17.2 Å². The molecule has 9 heteroatoms. The highest BCUT2D eigenvalue weighted by atomic mass is 32.2. The van der Waals surface area contributed by atoms with Gasteiger partial charge in [-0.1, -0.05) is 13.8 Å². The molecule has 0 aliphatic heterocycles. The lowest BCUT2D eigenvalue weighted by atomic mass is 9.90. The van der Waals surface area contributed by atoms with Crippen molar-refractivity contribution < 1.29 is 22.7 Å². The Balaban J connectivity index is 2.72. The summed E-state index contributed by atoms with van der Waals surface area (Å²) in [5.74, 6) is -1.49. The number of benzene rings is 1. The van der Waals surface area contributed by atoms with Gasteiger partial charge in [-0.05, 0) is 37.1 Å². The molecule has 26 heavy (non-hydrogen) atoms. The van der Waals surface area contributed by atoms with E-state index in [9.17, 15) is 18.0 Å². The molecule has 1 rings (SSSR count). The Morgan fingerprint density at radius 2 is 1.81 bits per heavy atom. The zero-order chi connectivity index (χ0) is 20.1. The van der Waals surface area contributed by atoms with Gasteiger partial charge in [0.05, 0.1) is 16.5 Å². The van der Waals surface area contributed by atoms with Crippen LogP contribution in [0.2, 0.25) is 0 Å². The predicted octanol–water partition coefficient (Wildman–Crippen LogP) is 1.15. The molecule has 142 valence electrons. The molecule has 1 aromatic carbocycles. The highest BCUT2D eigenvalue weighted by Crippen LogP contribution is 2.16. The third-order valence-electron chi connectivity index (χ3n) is 3.99. The number of nitrogens with zero attached hydrogens (tertiary/aromatic N) is 2. The number of nitrogens with one attached hydrogen (secondary N) is 1. The Morgan fingerprint density at radius 3 is 2.23 bits per heavy atom. The van der Waals surface area contributed by atoms with Crippen molar-refractivity contribution in [2.45, 2.75) is 31.2 Å². The van der Waals surface area contributed by atoms with Crippen LogP contribution >= 0.6 is 0 Å². The molecule has 1 N–H and O–H groups in total. The first-order valence-corrected chi connectivity index (χ1v) is 9.30. The summed E-state index contributed by atoms with van der Waals surface area (Å²) in [6.45, 7) is 4.62. The average molecular weight is 381 g/mol. The van der Waals surface area contributed by atoms with Crippen molar-refractivity contribution in [1.82, 2.24) is 9.62 Å². The van der Waals surface area contributed by atoms with Gasteiger partial charge in [0, 0.05) is 14.1 Å². The molecule has 0 aromatic heterocycles. The molecule has 0 unspecified atom stereocenters. The van der Waals surface area contributed by atoms with Crippen molar-refractivity contribution >= 4 is 21.9 Å². The summed E-state index contributed by atoms with van der Waals surface area (Å²) in [4.78, 5) is 23.9. The van der Waals surface area contributed by atoms with Crippen LogP contribution in [-0.2, 0) is 19.6 Å². The number of esters is 1. The van der Waals surface area contributed by atoms with Gasteiger partial charge in [-0.2, -0.15) is 5.26 Å². The van der Waals surface area contributed by atoms with E-state index in [4.69, 9.17) is 10.00 Å². The fraction of sp³-hybridized carbons (Fsp3) is 0.471. The molecule has 0 heterocycles. The van der Waals surface area contributed by atoms with Crippen molar-refractivity contribution in [3.8, 4) is 6.07 Å². The summed E-state index contributed by atoms with van der Waals surface area (Å²) >= 11 is 0. The summed E-state index contributed by atoms with van der Waals surface area (Å²) in [6.07, 6.45) is 0. The second kappa shape index (κ2) is 8.29. The van der Waals surface area contributed by atoms with Crippen molar-refractivity contribution in [2.24, 2.45) is 5.92 Å². The van der Waals surface area contributed by atoms with Crippen molar-refractivity contribution in [3.63, 3.8) is 0 Å². The van der Waals surface area contributed by atoms with Gasteiger partial charge in [-0.3, -0.25) is 4.79 Å². The number of carbonyl (C=O) groups excluding carboxylic acids is 2. The maximum atomic E-state index is 12.0. The van der Waals surface area contributed by atoms with E-state index in [2.05, 4.69) is 5.32 Å². The molecule has 0 fully saturated rings. The third-order valence-corrected chi connectivity index (χ3v) is 5.82. The minimum atomic E-state index is -3.59. The van der Waals surface area contributed by atoms with E-state index >= 15 is 0 Å². The lowest BCUT2D eigenvalue weighted by molar-refractivity contribution is -0.125. The molecular formula is C17H23N3O5S. The number of carbonyl (C=O) groups is 2. The topological polar surface area (TPSA) is 117 Å². The molecule has 0 spiro atoms. The molecule has 0 bridgehead atoms. The number of nitriles is 1. The van der Waals surface area contributed by atoms with E-state index in [0.717, 1.165) is 4.31 Å². The van der Waals surface area contributed by atoms with Crippen LogP contribution < -0.4 is 5.32 Å². The second-order valence-corrected chi connectivity index (χ2v) is 8.56. The molecule has 1 amide bonds. The van der Waals surface area contributed by atoms with Gasteiger partial charge in [0.2, 0.25) is 10.0 Å². The summed E-state index contributed by atoms with van der Waals surface area (Å²) in [6, 6.07) is 7.22. The largest absolute Gasteiger partial charge is 0.452 e. The van der Waals surface area contributed by atoms with Crippen molar-refractivity contribution in [1.29, 1.82) is 5.26 Å². The van der Waals surface area contributed by atoms with Gasteiger partial charge >= 0.3 is 5.97 Å². The number of hydrogen-bond acceptors (Lipinski definition) is 6. The molecule has 0 aliphatic carbocycles. The van der Waals surface area contributed by atoms with Crippen LogP contribution in [0.15, 0.2) is 29.2 Å². The smallest absolute Gasteiger partial charge is 0.338 e. The van der Waals surface area contributed by atoms with Crippen LogP contribution in [0.3, 0.4) is 0 Å². The zero-order valence-corrected chi connectivity index (χ0v) is 16.3. The Bertz CT molecular complexity index is 810. The molecular weight excluding hydrogens is 358 g/mol. The number of hydrogen-bond donors (Lipinski definition) is 1. The third kappa shape index (κ3) is 5.03. The maximum absolute atomic E-state index is 12.0. The van der Waals surface area contributed by atoms with E-state index in [0.29, 0.717) is 0 Å². The second-order valence-electron chi connectivity index (χ2n) is 6.40. The van der Waals surface area contributed by atoms with Crippen molar-refractivity contribution in [3.05, 3.63) is 29.8 Å². The molecule has 0 radical (unpaired) electrons. The highest BCUT2D eigenvalue weighted by molar-refractivity contribution is 7.89. The van der Waals surface area contributed by atoms with Crippen LogP contribution in [0.1, 0.15) is 31.1 Å². The Kier molecular flexibility index (Phi) is 6.89. The first-order valence-electron chi connectivity index (χ1n) is 7.86. The number of sulfonamides is 1. The van der Waals surface area contributed by atoms with E-state index in [1.165, 1.54) is 38.4 Å². The number of rotatable bonds is 7. The van der Waals surface area contributed by atoms with Gasteiger partial charge in [-0.25, -0.2) is 17.5 Å². The number of ether oxygens (including phenoxy) is 1. The highest BCUT2D eigenvalue weighted by Gasteiger charge is 2.30. The lowest BCUT2D eigenvalue weighted by Gasteiger charge is -2.27. The monoisotopic (exact) mass is 381 g/mol. The van der Waals surface area contributed by atoms with Gasteiger partial charge in [0.15, 0.2) is 6.61 Å². The molecule has 0 aliphatic rings. The van der Waals surface area contributed by atoms with E-state index < -0.39 is 34.0 Å². The molecule has 1 atom stereocenters. The summed E-state index contributed by atoms with van der Waals surface area (Å²) in [5, 5.41) is 11.7. The minimum absolute atomic E-state index is 0.0403. The zero-order valence-electron chi connectivity index (χ0n) is 15.4. The summed E-state index contributed by atoms with van der Waals surface area (Å²) in [5.41, 5.74) is -0.950. The Morgan fingerprint density at radius 1 is 1.27 bits per heavy atom. The minimum Gasteiger partial charge on any atom is -0.452 e.